The number of carbonyl (C=O) groups is 2. The van der Waals surface area contributed by atoms with Gasteiger partial charge in [0.05, 0.1) is 18.2 Å². The zero-order valence-corrected chi connectivity index (χ0v) is 8.33. The molecule has 6 heteroatoms. The minimum absolute atomic E-state index is 0.214. The molecule has 0 N–H and O–H groups in total. The summed E-state index contributed by atoms with van der Waals surface area (Å²) in [6.45, 7) is 1.63. The maximum atomic E-state index is 11.9. The van der Waals surface area contributed by atoms with Crippen molar-refractivity contribution in [3.05, 3.63) is 17.5 Å². The Labute approximate surface area is 84.9 Å². The molecule has 0 aromatic carbocycles. The lowest BCUT2D eigenvalue weighted by molar-refractivity contribution is -0.128. The molecule has 0 saturated heterocycles. The Balaban J connectivity index is 2.78. The first-order chi connectivity index (χ1) is 6.93. The Morgan fingerprint density at radius 2 is 2.13 bits per heavy atom. The first-order valence-electron chi connectivity index (χ1n) is 4.26. The van der Waals surface area contributed by atoms with E-state index < -0.39 is 24.4 Å². The van der Waals surface area contributed by atoms with Gasteiger partial charge in [-0.2, -0.15) is 5.10 Å². The summed E-state index contributed by atoms with van der Waals surface area (Å²) >= 11 is 0. The van der Waals surface area contributed by atoms with Gasteiger partial charge in [-0.05, 0) is 6.92 Å². The zero-order chi connectivity index (χ0) is 11.6. The number of halogens is 2. The first kappa shape index (κ1) is 11.5. The van der Waals surface area contributed by atoms with Gasteiger partial charge in [0, 0.05) is 12.7 Å². The van der Waals surface area contributed by atoms with Crippen LogP contribution in [-0.4, -0.2) is 27.8 Å². The van der Waals surface area contributed by atoms with E-state index in [4.69, 9.17) is 0 Å². The summed E-state index contributed by atoms with van der Waals surface area (Å²) < 4.78 is 25.2. The molecule has 0 aliphatic rings. The minimum atomic E-state index is -3.09. The smallest absolute Gasteiger partial charge is 0.294 e. The molecular formula is C9H10F2N2O2. The first-order valence-corrected chi connectivity index (χ1v) is 4.26. The predicted molar refractivity (Wildman–Crippen MR) is 47.9 cm³/mol. The van der Waals surface area contributed by atoms with Gasteiger partial charge in [0.15, 0.2) is 5.78 Å². The molecular weight excluding hydrogens is 206 g/mol. The number of rotatable bonds is 4. The van der Waals surface area contributed by atoms with Gasteiger partial charge in [-0.25, -0.2) is 8.78 Å². The van der Waals surface area contributed by atoms with Gasteiger partial charge in [-0.1, -0.05) is 0 Å². The highest BCUT2D eigenvalue weighted by molar-refractivity contribution is 6.09. The lowest BCUT2D eigenvalue weighted by atomic mass is 10.1. The van der Waals surface area contributed by atoms with Crippen LogP contribution in [0.5, 0.6) is 0 Å². The van der Waals surface area contributed by atoms with Gasteiger partial charge in [0.2, 0.25) is 5.78 Å². The number of ketones is 2. The molecule has 0 unspecified atom stereocenters. The highest BCUT2D eigenvalue weighted by Crippen LogP contribution is 2.10. The fourth-order valence-corrected chi connectivity index (χ4v) is 1.10. The molecule has 0 bridgehead atoms. The van der Waals surface area contributed by atoms with E-state index >= 15 is 0 Å². The van der Waals surface area contributed by atoms with E-state index in [1.165, 1.54) is 10.9 Å². The Morgan fingerprint density at radius 1 is 1.53 bits per heavy atom. The topological polar surface area (TPSA) is 52.0 Å². The second kappa shape index (κ2) is 4.29. The highest BCUT2D eigenvalue weighted by atomic mass is 19.3. The number of nitrogens with zero attached hydrogens (tertiary/aromatic N) is 2. The molecule has 15 heavy (non-hydrogen) atoms. The molecule has 0 aliphatic heterocycles. The standard InChI is InChI=1S/C9H10F2N2O2/c1-5-6(4-12-13(5)2)7(14)3-8(15)9(10)11/h4,9H,3H2,1-2H3. The number of alkyl halides is 2. The van der Waals surface area contributed by atoms with Gasteiger partial charge in [-0.15, -0.1) is 0 Å². The van der Waals surface area contributed by atoms with Crippen molar-refractivity contribution in [3.8, 4) is 0 Å². The number of aryl methyl sites for hydroxylation is 1. The second-order valence-corrected chi connectivity index (χ2v) is 3.13. The van der Waals surface area contributed by atoms with Crippen molar-refractivity contribution in [2.75, 3.05) is 0 Å². The number of hydrogen-bond acceptors (Lipinski definition) is 3. The quantitative estimate of drug-likeness (QED) is 0.560. The summed E-state index contributed by atoms with van der Waals surface area (Å²) in [6.07, 6.45) is -2.59. The average Bonchev–Trinajstić information content (AvgIpc) is 2.47. The van der Waals surface area contributed by atoms with Crippen LogP contribution in [0.2, 0.25) is 0 Å². The van der Waals surface area contributed by atoms with E-state index in [0.717, 1.165) is 0 Å². The molecule has 1 heterocycles. The van der Waals surface area contributed by atoms with E-state index in [2.05, 4.69) is 5.10 Å². The van der Waals surface area contributed by atoms with Crippen LogP contribution >= 0.6 is 0 Å². The summed E-state index contributed by atoms with van der Waals surface area (Å²) in [5, 5.41) is 3.79. The Hall–Kier alpha value is -1.59. The Morgan fingerprint density at radius 3 is 2.53 bits per heavy atom. The van der Waals surface area contributed by atoms with Crippen LogP contribution in [0.3, 0.4) is 0 Å². The van der Waals surface area contributed by atoms with E-state index in [9.17, 15) is 18.4 Å². The lowest BCUT2D eigenvalue weighted by Crippen LogP contribution is -2.15. The van der Waals surface area contributed by atoms with Crippen LogP contribution < -0.4 is 0 Å². The molecule has 1 aromatic heterocycles. The maximum absolute atomic E-state index is 11.9. The van der Waals surface area contributed by atoms with Gasteiger partial charge in [-0.3, -0.25) is 14.3 Å². The molecule has 0 aliphatic carbocycles. The van der Waals surface area contributed by atoms with Gasteiger partial charge >= 0.3 is 0 Å². The average molecular weight is 216 g/mol. The molecule has 0 radical (unpaired) electrons. The minimum Gasteiger partial charge on any atom is -0.294 e. The van der Waals surface area contributed by atoms with Crippen molar-refractivity contribution >= 4 is 11.6 Å². The summed E-state index contributed by atoms with van der Waals surface area (Å²) in [4.78, 5) is 22.0. The van der Waals surface area contributed by atoms with Crippen LogP contribution in [0, 0.1) is 6.92 Å². The monoisotopic (exact) mass is 216 g/mol. The summed E-state index contributed by atoms with van der Waals surface area (Å²) in [5.74, 6) is -1.98. The number of hydrogen-bond donors (Lipinski definition) is 0. The van der Waals surface area contributed by atoms with Crippen molar-refractivity contribution in [2.24, 2.45) is 7.05 Å². The van der Waals surface area contributed by atoms with Crippen LogP contribution in [0.25, 0.3) is 0 Å². The van der Waals surface area contributed by atoms with Crippen molar-refractivity contribution < 1.29 is 18.4 Å². The van der Waals surface area contributed by atoms with Gasteiger partial charge in [0.25, 0.3) is 6.43 Å². The molecule has 0 atom stereocenters. The molecule has 1 aromatic rings. The van der Waals surface area contributed by atoms with E-state index in [0.29, 0.717) is 5.69 Å². The van der Waals surface area contributed by atoms with E-state index in [-0.39, 0.29) is 5.56 Å². The van der Waals surface area contributed by atoms with E-state index in [1.807, 2.05) is 0 Å². The fourth-order valence-electron chi connectivity index (χ4n) is 1.10. The number of aromatic nitrogens is 2. The molecule has 0 spiro atoms. The normalized spacial score (nSPS) is 10.7. The summed E-state index contributed by atoms with van der Waals surface area (Å²) in [6, 6.07) is 0. The molecule has 82 valence electrons. The number of Topliss-reactive ketones (excluding diaryl/α,β-unsaturated/α-hetero) is 2. The van der Waals surface area contributed by atoms with Gasteiger partial charge in [0.1, 0.15) is 0 Å². The summed E-state index contributed by atoms with van der Waals surface area (Å²) in [5.41, 5.74) is 0.772. The third kappa shape index (κ3) is 2.45. The van der Waals surface area contributed by atoms with Crippen LogP contribution in [-0.2, 0) is 11.8 Å². The highest BCUT2D eigenvalue weighted by Gasteiger charge is 2.22. The van der Waals surface area contributed by atoms with Crippen molar-refractivity contribution in [2.45, 2.75) is 19.8 Å². The molecule has 1 rings (SSSR count). The van der Waals surface area contributed by atoms with Crippen LogP contribution in [0.15, 0.2) is 6.20 Å². The van der Waals surface area contributed by atoms with Crippen molar-refractivity contribution in [1.29, 1.82) is 0 Å². The Bertz CT molecular complexity index is 399. The van der Waals surface area contributed by atoms with Gasteiger partial charge < -0.3 is 0 Å². The lowest BCUT2D eigenvalue weighted by Gasteiger charge is -1.99. The van der Waals surface area contributed by atoms with Crippen molar-refractivity contribution in [1.82, 2.24) is 9.78 Å². The van der Waals surface area contributed by atoms with E-state index in [1.54, 1.807) is 14.0 Å². The predicted octanol–water partition coefficient (Wildman–Crippen LogP) is 1.14. The van der Waals surface area contributed by atoms with Crippen LogP contribution in [0.1, 0.15) is 22.5 Å². The van der Waals surface area contributed by atoms with Crippen molar-refractivity contribution in [3.63, 3.8) is 0 Å². The molecule has 0 saturated carbocycles. The number of carbonyl (C=O) groups excluding carboxylic acids is 2. The Kier molecular flexibility index (Phi) is 3.28. The fraction of sp³-hybridized carbons (Fsp3) is 0.444. The zero-order valence-electron chi connectivity index (χ0n) is 8.33. The molecule has 0 amide bonds. The molecule has 4 nitrogen and oxygen atoms in total. The maximum Gasteiger partial charge on any atom is 0.296 e. The SMILES string of the molecule is Cc1c(C(=O)CC(=O)C(F)F)cnn1C. The third-order valence-electron chi connectivity index (χ3n) is 2.11. The largest absolute Gasteiger partial charge is 0.296 e. The summed E-state index contributed by atoms with van der Waals surface area (Å²) in [7, 11) is 1.63. The second-order valence-electron chi connectivity index (χ2n) is 3.13. The third-order valence-corrected chi connectivity index (χ3v) is 2.11. The van der Waals surface area contributed by atoms with Crippen LogP contribution in [0.4, 0.5) is 8.78 Å². The molecule has 0 fully saturated rings.